The zero-order chi connectivity index (χ0) is 19.9. The Balaban J connectivity index is 1.41. The highest BCUT2D eigenvalue weighted by molar-refractivity contribution is 7.33. The van der Waals surface area contributed by atoms with E-state index in [1.54, 1.807) is 22.7 Å². The molecule has 0 bridgehead atoms. The van der Waals surface area contributed by atoms with Gasteiger partial charge in [-0.25, -0.2) is 4.98 Å². The van der Waals surface area contributed by atoms with Crippen LogP contribution in [-0.2, 0) is 0 Å². The zero-order valence-corrected chi connectivity index (χ0v) is 17.7. The van der Waals surface area contributed by atoms with Crippen molar-refractivity contribution in [2.24, 2.45) is 0 Å². The van der Waals surface area contributed by atoms with Gasteiger partial charge in [-0.05, 0) is 34.4 Å². The Kier molecular flexibility index (Phi) is 4.22. The van der Waals surface area contributed by atoms with Crippen LogP contribution in [0.5, 0.6) is 0 Å². The van der Waals surface area contributed by atoms with Gasteiger partial charge >= 0.3 is 0 Å². The van der Waals surface area contributed by atoms with Crippen LogP contribution in [0.15, 0.2) is 103 Å². The van der Waals surface area contributed by atoms with Crippen molar-refractivity contribution in [3.05, 3.63) is 103 Å². The third kappa shape index (κ3) is 3.04. The lowest BCUT2D eigenvalue weighted by Crippen LogP contribution is -1.80. The normalized spacial score (nSPS) is 11.3. The molecule has 0 atom stereocenters. The Labute approximate surface area is 182 Å². The van der Waals surface area contributed by atoms with Gasteiger partial charge in [0.15, 0.2) is 0 Å². The van der Waals surface area contributed by atoms with E-state index in [1.807, 2.05) is 6.07 Å². The summed E-state index contributed by atoms with van der Waals surface area (Å²) in [6.45, 7) is 0. The van der Waals surface area contributed by atoms with Gasteiger partial charge in [-0.15, -0.1) is 22.7 Å². The van der Waals surface area contributed by atoms with Crippen LogP contribution in [0.1, 0.15) is 0 Å². The summed E-state index contributed by atoms with van der Waals surface area (Å²) < 4.78 is 2.59. The van der Waals surface area contributed by atoms with Gasteiger partial charge in [-0.2, -0.15) is 0 Å². The third-order valence-electron chi connectivity index (χ3n) is 5.37. The van der Waals surface area contributed by atoms with Crippen LogP contribution in [0.25, 0.3) is 52.4 Å². The molecule has 6 rings (SSSR count). The summed E-state index contributed by atoms with van der Waals surface area (Å²) in [4.78, 5) is 6.03. The molecule has 6 aromatic rings. The minimum Gasteiger partial charge on any atom is -0.225 e. The Morgan fingerprint density at radius 2 is 1.07 bits per heavy atom. The van der Waals surface area contributed by atoms with Crippen LogP contribution in [-0.4, -0.2) is 4.98 Å². The summed E-state index contributed by atoms with van der Waals surface area (Å²) in [6, 6.07) is 36.6. The molecule has 0 saturated carbocycles. The number of thiazole rings is 1. The number of aromatic nitrogens is 1. The minimum atomic E-state index is 1.09. The predicted octanol–water partition coefficient (Wildman–Crippen LogP) is 8.51. The molecule has 142 valence electrons. The van der Waals surface area contributed by atoms with Gasteiger partial charge in [0.25, 0.3) is 0 Å². The summed E-state index contributed by atoms with van der Waals surface area (Å²) in [5, 5.41) is 2.40. The number of fused-ring (bicyclic) bond motifs is 3. The van der Waals surface area contributed by atoms with Crippen molar-refractivity contribution in [2.45, 2.75) is 0 Å². The molecule has 3 heteroatoms. The van der Waals surface area contributed by atoms with Gasteiger partial charge in [0.1, 0.15) is 9.84 Å². The van der Waals surface area contributed by atoms with Crippen LogP contribution in [0.2, 0.25) is 0 Å². The number of nitrogens with zero attached hydrogens (tertiary/aromatic N) is 1. The van der Waals surface area contributed by atoms with Crippen LogP contribution in [0.4, 0.5) is 0 Å². The second kappa shape index (κ2) is 7.21. The van der Waals surface area contributed by atoms with E-state index in [4.69, 9.17) is 4.98 Å². The van der Waals surface area contributed by atoms with Crippen molar-refractivity contribution in [1.29, 1.82) is 0 Å². The van der Waals surface area contributed by atoms with Gasteiger partial charge < -0.3 is 0 Å². The van der Waals surface area contributed by atoms with E-state index in [2.05, 4.69) is 97.1 Å². The Bertz CT molecular complexity index is 1460. The number of rotatable bonds is 3. The first kappa shape index (κ1) is 17.6. The fourth-order valence-electron chi connectivity index (χ4n) is 3.82. The van der Waals surface area contributed by atoms with E-state index in [0.29, 0.717) is 0 Å². The fraction of sp³-hybridized carbons (Fsp3) is 0. The summed E-state index contributed by atoms with van der Waals surface area (Å²) in [5.74, 6) is 0. The molecule has 0 N–H and O–H groups in total. The molecule has 1 nitrogen and oxygen atoms in total. The molecule has 0 unspecified atom stereocenters. The van der Waals surface area contributed by atoms with Crippen molar-refractivity contribution >= 4 is 42.3 Å². The maximum Gasteiger partial charge on any atom is 0.136 e. The zero-order valence-electron chi connectivity index (χ0n) is 16.1. The highest BCUT2D eigenvalue weighted by Crippen LogP contribution is 2.41. The van der Waals surface area contributed by atoms with Crippen LogP contribution in [0, 0.1) is 0 Å². The topological polar surface area (TPSA) is 12.9 Å². The molecule has 0 fully saturated rings. The Morgan fingerprint density at radius 3 is 1.77 bits per heavy atom. The number of hydrogen-bond donors (Lipinski definition) is 0. The summed E-state index contributed by atoms with van der Waals surface area (Å²) in [7, 11) is 0. The standard InChI is InChI=1S/C27H17NS2/c1-3-7-18(8-4-1)19-11-13-20(14-12-19)22-15-16-24-23(17-22)25-27(29-24)28-26(30-25)21-9-5-2-6-10-21/h1-17H. The average molecular weight is 420 g/mol. The van der Waals surface area contributed by atoms with Crippen LogP contribution in [0.3, 0.4) is 0 Å². The molecule has 0 amide bonds. The Hall–Kier alpha value is -3.27. The van der Waals surface area contributed by atoms with Crippen molar-refractivity contribution < 1.29 is 0 Å². The summed E-state index contributed by atoms with van der Waals surface area (Å²) in [6.07, 6.45) is 0. The van der Waals surface area contributed by atoms with Gasteiger partial charge in [0.05, 0.1) is 4.70 Å². The molecule has 4 aromatic carbocycles. The molecule has 0 radical (unpaired) electrons. The van der Waals surface area contributed by atoms with E-state index in [0.717, 1.165) is 9.84 Å². The van der Waals surface area contributed by atoms with Crippen LogP contribution < -0.4 is 0 Å². The molecule has 2 heterocycles. The van der Waals surface area contributed by atoms with E-state index in [1.165, 1.54) is 42.6 Å². The highest BCUT2D eigenvalue weighted by Gasteiger charge is 2.13. The molecule has 0 spiro atoms. The highest BCUT2D eigenvalue weighted by atomic mass is 32.1. The third-order valence-corrected chi connectivity index (χ3v) is 7.70. The van der Waals surface area contributed by atoms with Gasteiger partial charge in [-0.3, -0.25) is 0 Å². The Morgan fingerprint density at radius 1 is 0.500 bits per heavy atom. The first-order chi connectivity index (χ1) is 14.8. The van der Waals surface area contributed by atoms with Crippen LogP contribution >= 0.6 is 22.7 Å². The number of thiophene rings is 1. The molecule has 0 aliphatic heterocycles. The first-order valence-corrected chi connectivity index (χ1v) is 11.5. The second-order valence-corrected chi connectivity index (χ2v) is 9.31. The fourth-order valence-corrected chi connectivity index (χ4v) is 6.14. The van der Waals surface area contributed by atoms with E-state index >= 15 is 0 Å². The lowest BCUT2D eigenvalue weighted by atomic mass is 10.00. The summed E-state index contributed by atoms with van der Waals surface area (Å²) in [5.41, 5.74) is 6.16. The maximum atomic E-state index is 4.90. The molecule has 2 aromatic heterocycles. The molecule has 0 aliphatic carbocycles. The smallest absolute Gasteiger partial charge is 0.136 e. The molecule has 0 aliphatic rings. The minimum absolute atomic E-state index is 1.09. The first-order valence-electron chi connectivity index (χ1n) is 9.89. The van der Waals surface area contributed by atoms with Gasteiger partial charge in [0, 0.05) is 15.6 Å². The quantitative estimate of drug-likeness (QED) is 0.280. The predicted molar refractivity (Wildman–Crippen MR) is 131 cm³/mol. The van der Waals surface area contributed by atoms with Gasteiger partial charge in [-0.1, -0.05) is 91.0 Å². The van der Waals surface area contributed by atoms with Gasteiger partial charge in [0.2, 0.25) is 0 Å². The van der Waals surface area contributed by atoms with Crippen molar-refractivity contribution in [2.75, 3.05) is 0 Å². The van der Waals surface area contributed by atoms with Crippen molar-refractivity contribution in [1.82, 2.24) is 4.98 Å². The average Bonchev–Trinajstić information content (AvgIpc) is 3.38. The molecule has 30 heavy (non-hydrogen) atoms. The molecule has 0 saturated heterocycles. The number of hydrogen-bond acceptors (Lipinski definition) is 3. The maximum absolute atomic E-state index is 4.90. The molecular formula is C27H17NS2. The van der Waals surface area contributed by atoms with E-state index in [-0.39, 0.29) is 0 Å². The van der Waals surface area contributed by atoms with Crippen molar-refractivity contribution in [3.63, 3.8) is 0 Å². The van der Waals surface area contributed by atoms with Crippen molar-refractivity contribution in [3.8, 4) is 32.8 Å². The molecular weight excluding hydrogens is 402 g/mol. The lowest BCUT2D eigenvalue weighted by Gasteiger charge is -2.05. The monoisotopic (exact) mass is 419 g/mol. The SMILES string of the molecule is c1ccc(-c2ccc(-c3ccc4sc5nc(-c6ccccc6)sc5c4c3)cc2)cc1. The largest absolute Gasteiger partial charge is 0.225 e. The number of benzene rings is 4. The second-order valence-electron chi connectivity index (χ2n) is 7.28. The van der Waals surface area contributed by atoms with E-state index < -0.39 is 0 Å². The lowest BCUT2D eigenvalue weighted by molar-refractivity contribution is 1.50. The summed E-state index contributed by atoms with van der Waals surface area (Å²) >= 11 is 3.57. The van der Waals surface area contributed by atoms with E-state index in [9.17, 15) is 0 Å².